The zero-order valence-electron chi connectivity index (χ0n) is 15.1. The number of aromatic amines is 1. The Balaban J connectivity index is 1.49. The number of amides is 2. The average Bonchev–Trinajstić information content (AvgIpc) is 3.44. The zero-order valence-corrected chi connectivity index (χ0v) is 15.1. The Morgan fingerprint density at radius 2 is 2.07 bits per heavy atom. The highest BCUT2D eigenvalue weighted by Gasteiger charge is 2.30. The number of nitriles is 1. The van der Waals surface area contributed by atoms with Crippen LogP contribution in [0.15, 0.2) is 18.3 Å². The molecule has 0 unspecified atom stereocenters. The number of piperazine rings is 1. The number of fused-ring (bicyclic) bond motifs is 1. The Bertz CT molecular complexity index is 903. The largest absolute Gasteiger partial charge is 0.367 e. The fourth-order valence-electron chi connectivity index (χ4n) is 3.44. The van der Waals surface area contributed by atoms with Crippen molar-refractivity contribution in [2.75, 3.05) is 36.4 Å². The van der Waals surface area contributed by atoms with Crippen LogP contribution in [0.4, 0.5) is 11.5 Å². The lowest BCUT2D eigenvalue weighted by Gasteiger charge is -2.36. The predicted molar refractivity (Wildman–Crippen MR) is 101 cm³/mol. The molecule has 2 fully saturated rings. The second kappa shape index (κ2) is 7.27. The van der Waals surface area contributed by atoms with E-state index < -0.39 is 0 Å². The SMILES string of the molecule is N#CCCC(=O)N1CCN(c2cc(NC(=O)C3CC3)nc3[nH]ccc23)CC1. The van der Waals surface area contributed by atoms with Gasteiger partial charge in [0, 0.05) is 62.6 Å². The zero-order chi connectivity index (χ0) is 18.8. The van der Waals surface area contributed by atoms with E-state index in [1.165, 1.54) is 0 Å². The molecule has 0 bridgehead atoms. The van der Waals surface area contributed by atoms with Crippen LogP contribution in [0.2, 0.25) is 0 Å². The van der Waals surface area contributed by atoms with Crippen LogP contribution in [0.5, 0.6) is 0 Å². The van der Waals surface area contributed by atoms with E-state index in [0.717, 1.165) is 29.6 Å². The van der Waals surface area contributed by atoms with Crippen LogP contribution >= 0.6 is 0 Å². The molecule has 8 nitrogen and oxygen atoms in total. The van der Waals surface area contributed by atoms with Gasteiger partial charge in [-0.2, -0.15) is 5.26 Å². The quantitative estimate of drug-likeness (QED) is 0.840. The van der Waals surface area contributed by atoms with E-state index in [4.69, 9.17) is 5.26 Å². The Labute approximate surface area is 157 Å². The van der Waals surface area contributed by atoms with Crippen molar-refractivity contribution in [2.45, 2.75) is 25.7 Å². The van der Waals surface area contributed by atoms with Crippen molar-refractivity contribution in [3.63, 3.8) is 0 Å². The highest BCUT2D eigenvalue weighted by molar-refractivity contribution is 5.97. The molecule has 8 heteroatoms. The lowest BCUT2D eigenvalue weighted by molar-refractivity contribution is -0.131. The maximum Gasteiger partial charge on any atom is 0.228 e. The van der Waals surface area contributed by atoms with Gasteiger partial charge in [0.25, 0.3) is 0 Å². The van der Waals surface area contributed by atoms with E-state index in [1.54, 1.807) is 0 Å². The van der Waals surface area contributed by atoms with Crippen LogP contribution in [0.3, 0.4) is 0 Å². The molecule has 0 spiro atoms. The molecule has 4 rings (SSSR count). The Morgan fingerprint density at radius 1 is 1.30 bits per heavy atom. The summed E-state index contributed by atoms with van der Waals surface area (Å²) in [4.78, 5) is 35.9. The minimum absolute atomic E-state index is 0.0345. The van der Waals surface area contributed by atoms with Crippen LogP contribution in [-0.2, 0) is 9.59 Å². The van der Waals surface area contributed by atoms with E-state index in [1.807, 2.05) is 29.3 Å². The molecule has 140 valence electrons. The molecule has 1 aliphatic carbocycles. The molecule has 1 aliphatic heterocycles. The number of carbonyl (C=O) groups excluding carboxylic acids is 2. The van der Waals surface area contributed by atoms with Crippen LogP contribution < -0.4 is 10.2 Å². The lowest BCUT2D eigenvalue weighted by Crippen LogP contribution is -2.48. The molecule has 1 saturated carbocycles. The number of pyridine rings is 1. The van der Waals surface area contributed by atoms with Gasteiger partial charge in [-0.3, -0.25) is 9.59 Å². The summed E-state index contributed by atoms with van der Waals surface area (Å²) in [6, 6.07) is 5.92. The molecule has 27 heavy (non-hydrogen) atoms. The monoisotopic (exact) mass is 366 g/mol. The van der Waals surface area contributed by atoms with Crippen LogP contribution in [0.1, 0.15) is 25.7 Å². The number of aromatic nitrogens is 2. The summed E-state index contributed by atoms with van der Waals surface area (Å²) < 4.78 is 0. The first-order chi connectivity index (χ1) is 13.2. The van der Waals surface area contributed by atoms with Crippen LogP contribution in [0, 0.1) is 17.2 Å². The lowest BCUT2D eigenvalue weighted by atomic mass is 10.2. The van der Waals surface area contributed by atoms with Crippen molar-refractivity contribution in [1.82, 2.24) is 14.9 Å². The Kier molecular flexibility index (Phi) is 4.67. The van der Waals surface area contributed by atoms with Gasteiger partial charge in [-0.1, -0.05) is 0 Å². The molecule has 2 amide bonds. The molecule has 0 atom stereocenters. The van der Waals surface area contributed by atoms with E-state index in [0.29, 0.717) is 32.0 Å². The molecular weight excluding hydrogens is 344 g/mol. The first kappa shape index (κ1) is 17.3. The summed E-state index contributed by atoms with van der Waals surface area (Å²) in [5.74, 6) is 0.754. The normalized spacial score (nSPS) is 17.0. The Morgan fingerprint density at radius 3 is 2.78 bits per heavy atom. The van der Waals surface area contributed by atoms with Gasteiger partial charge in [0.05, 0.1) is 11.8 Å². The van der Waals surface area contributed by atoms with Gasteiger partial charge < -0.3 is 20.1 Å². The fraction of sp³-hybridized carbons (Fsp3) is 0.474. The third kappa shape index (κ3) is 3.72. The summed E-state index contributed by atoms with van der Waals surface area (Å²) in [6.07, 6.45) is 4.29. The van der Waals surface area contributed by atoms with Crippen molar-refractivity contribution in [3.8, 4) is 6.07 Å². The predicted octanol–water partition coefficient (Wildman–Crippen LogP) is 1.86. The summed E-state index contributed by atoms with van der Waals surface area (Å²) in [7, 11) is 0. The van der Waals surface area contributed by atoms with Gasteiger partial charge in [0.2, 0.25) is 11.8 Å². The number of rotatable bonds is 5. The first-order valence-corrected chi connectivity index (χ1v) is 9.34. The van der Waals surface area contributed by atoms with Crippen molar-refractivity contribution in [2.24, 2.45) is 5.92 Å². The maximum absolute atomic E-state index is 12.1. The first-order valence-electron chi connectivity index (χ1n) is 9.34. The number of hydrogen-bond donors (Lipinski definition) is 2. The number of nitrogens with one attached hydrogen (secondary N) is 2. The van der Waals surface area contributed by atoms with Crippen LogP contribution in [-0.4, -0.2) is 52.9 Å². The van der Waals surface area contributed by atoms with Crippen molar-refractivity contribution in [1.29, 1.82) is 5.26 Å². The maximum atomic E-state index is 12.1. The fourth-order valence-corrected chi connectivity index (χ4v) is 3.44. The van der Waals surface area contributed by atoms with Gasteiger partial charge in [0.1, 0.15) is 11.5 Å². The second-order valence-corrected chi connectivity index (χ2v) is 7.06. The summed E-state index contributed by atoms with van der Waals surface area (Å²) in [5, 5.41) is 12.6. The average molecular weight is 366 g/mol. The Hall–Kier alpha value is -3.08. The molecule has 2 aromatic rings. The molecule has 0 aromatic carbocycles. The minimum atomic E-state index is 0.0345. The number of nitrogens with zero attached hydrogens (tertiary/aromatic N) is 4. The highest BCUT2D eigenvalue weighted by atomic mass is 16.2. The molecule has 0 radical (unpaired) electrons. The minimum Gasteiger partial charge on any atom is -0.367 e. The second-order valence-electron chi connectivity index (χ2n) is 7.06. The molecule has 2 aromatic heterocycles. The van der Waals surface area contributed by atoms with Crippen molar-refractivity contribution in [3.05, 3.63) is 18.3 Å². The number of hydrogen-bond acceptors (Lipinski definition) is 5. The standard InChI is InChI=1S/C19H22N6O2/c20-6-1-2-17(26)25-10-8-24(9-11-25)15-12-16(23-19(27)13-3-4-13)22-18-14(15)5-7-21-18/h5,7,12-13H,1-4,8-11H2,(H2,21,22,23,27). The summed E-state index contributed by atoms with van der Waals surface area (Å²) >= 11 is 0. The van der Waals surface area contributed by atoms with Gasteiger partial charge >= 0.3 is 0 Å². The van der Waals surface area contributed by atoms with Gasteiger partial charge in [-0.05, 0) is 18.9 Å². The van der Waals surface area contributed by atoms with E-state index in [-0.39, 0.29) is 30.6 Å². The number of anilines is 2. The van der Waals surface area contributed by atoms with Gasteiger partial charge in [-0.25, -0.2) is 4.98 Å². The van der Waals surface area contributed by atoms with Crippen molar-refractivity contribution >= 4 is 34.4 Å². The summed E-state index contributed by atoms with van der Waals surface area (Å²) in [6.45, 7) is 2.67. The van der Waals surface area contributed by atoms with Gasteiger partial charge in [0.15, 0.2) is 0 Å². The molecule has 1 saturated heterocycles. The number of H-pyrrole nitrogens is 1. The third-order valence-corrected chi connectivity index (χ3v) is 5.13. The van der Waals surface area contributed by atoms with E-state index >= 15 is 0 Å². The topological polar surface area (TPSA) is 105 Å². The summed E-state index contributed by atoms with van der Waals surface area (Å²) in [5.41, 5.74) is 1.75. The smallest absolute Gasteiger partial charge is 0.228 e. The molecule has 3 heterocycles. The molecular formula is C19H22N6O2. The number of carbonyl (C=O) groups is 2. The van der Waals surface area contributed by atoms with E-state index in [9.17, 15) is 9.59 Å². The van der Waals surface area contributed by atoms with Crippen LogP contribution in [0.25, 0.3) is 11.0 Å². The molecule has 2 N–H and O–H groups in total. The van der Waals surface area contributed by atoms with Crippen molar-refractivity contribution < 1.29 is 9.59 Å². The highest BCUT2D eigenvalue weighted by Crippen LogP contribution is 2.32. The van der Waals surface area contributed by atoms with Gasteiger partial charge in [-0.15, -0.1) is 0 Å². The van der Waals surface area contributed by atoms with E-state index in [2.05, 4.69) is 20.2 Å². The third-order valence-electron chi connectivity index (χ3n) is 5.13. The molecule has 2 aliphatic rings.